The molecule has 0 bridgehead atoms. The minimum absolute atomic E-state index is 0.110. The number of rotatable bonds is 11. The topological polar surface area (TPSA) is 46.2 Å². The molecule has 5 heteroatoms. The maximum atomic E-state index is 6.00. The van der Waals surface area contributed by atoms with Crippen LogP contribution in [0.2, 0.25) is 0 Å². The smallest absolute Gasteiger partial charge is 0.157 e. The summed E-state index contributed by atoms with van der Waals surface area (Å²) >= 11 is 0. The lowest BCUT2D eigenvalue weighted by Gasteiger charge is -2.33. The first-order valence-corrected chi connectivity index (χ1v) is 10.3. The minimum atomic E-state index is -0.602. The van der Waals surface area contributed by atoms with Gasteiger partial charge in [0.1, 0.15) is 18.0 Å². The molecule has 0 radical (unpaired) electrons. The van der Waals surface area contributed by atoms with Crippen molar-refractivity contribution in [1.29, 1.82) is 0 Å². The third-order valence-corrected chi connectivity index (χ3v) is 5.32. The van der Waals surface area contributed by atoms with Crippen molar-refractivity contribution in [3.05, 3.63) is 65.7 Å². The average Bonchev–Trinajstić information content (AvgIpc) is 2.79. The number of hydrogen-bond donors (Lipinski definition) is 0. The second-order valence-electron chi connectivity index (χ2n) is 7.35. The largest absolute Gasteiger partial charge is 0.489 e. The van der Waals surface area contributed by atoms with Gasteiger partial charge in [0, 0.05) is 27.2 Å². The molecule has 29 heavy (non-hydrogen) atoms. The van der Waals surface area contributed by atoms with Gasteiger partial charge in [0.15, 0.2) is 6.29 Å². The zero-order chi connectivity index (χ0) is 20.4. The van der Waals surface area contributed by atoms with Gasteiger partial charge in [-0.15, -0.1) is 0 Å². The highest BCUT2D eigenvalue weighted by atomic mass is 16.7. The molecule has 2 aromatic carbocycles. The fourth-order valence-corrected chi connectivity index (χ4v) is 3.62. The van der Waals surface area contributed by atoms with E-state index in [2.05, 4.69) is 18.2 Å². The Hall–Kier alpha value is -1.92. The molecule has 0 amide bonds. The monoisotopic (exact) mass is 400 g/mol. The molecule has 2 atom stereocenters. The summed E-state index contributed by atoms with van der Waals surface area (Å²) in [6.07, 6.45) is 3.77. The van der Waals surface area contributed by atoms with Gasteiger partial charge < -0.3 is 23.7 Å². The molecule has 3 rings (SSSR count). The molecule has 0 aliphatic carbocycles. The summed E-state index contributed by atoms with van der Waals surface area (Å²) in [5, 5.41) is 0. The third kappa shape index (κ3) is 6.28. The molecule has 0 saturated carbocycles. The van der Waals surface area contributed by atoms with Crippen LogP contribution in [0.15, 0.2) is 54.6 Å². The zero-order valence-corrected chi connectivity index (χ0v) is 17.5. The molecule has 0 N–H and O–H groups in total. The number of hydrogen-bond acceptors (Lipinski definition) is 5. The molecule has 1 aliphatic rings. The molecule has 1 aliphatic heterocycles. The Morgan fingerprint density at radius 1 is 1.03 bits per heavy atom. The van der Waals surface area contributed by atoms with Crippen LogP contribution in [0.5, 0.6) is 5.75 Å². The van der Waals surface area contributed by atoms with Gasteiger partial charge in [0.25, 0.3) is 0 Å². The van der Waals surface area contributed by atoms with Crippen molar-refractivity contribution in [3.63, 3.8) is 0 Å². The number of ether oxygens (including phenoxy) is 5. The van der Waals surface area contributed by atoms with Crippen LogP contribution in [-0.2, 0) is 31.2 Å². The van der Waals surface area contributed by atoms with Gasteiger partial charge in [-0.3, -0.25) is 0 Å². The predicted octanol–water partition coefficient (Wildman–Crippen LogP) is 4.69. The third-order valence-electron chi connectivity index (χ3n) is 5.32. The Morgan fingerprint density at radius 3 is 2.62 bits per heavy atom. The van der Waals surface area contributed by atoms with Crippen LogP contribution < -0.4 is 4.74 Å². The second-order valence-corrected chi connectivity index (χ2v) is 7.35. The van der Waals surface area contributed by atoms with Crippen molar-refractivity contribution < 1.29 is 23.7 Å². The van der Waals surface area contributed by atoms with Crippen molar-refractivity contribution in [3.8, 4) is 5.75 Å². The van der Waals surface area contributed by atoms with Gasteiger partial charge in [-0.1, -0.05) is 42.5 Å². The van der Waals surface area contributed by atoms with Gasteiger partial charge in [-0.05, 0) is 42.5 Å². The first-order valence-electron chi connectivity index (χ1n) is 10.3. The van der Waals surface area contributed by atoms with Crippen molar-refractivity contribution >= 4 is 0 Å². The van der Waals surface area contributed by atoms with E-state index in [1.165, 1.54) is 0 Å². The van der Waals surface area contributed by atoms with E-state index in [-0.39, 0.29) is 6.29 Å². The summed E-state index contributed by atoms with van der Waals surface area (Å²) in [6, 6.07) is 18.2. The quantitative estimate of drug-likeness (QED) is 0.548. The van der Waals surface area contributed by atoms with Gasteiger partial charge in [0.2, 0.25) is 0 Å². The number of benzene rings is 2. The van der Waals surface area contributed by atoms with Crippen LogP contribution >= 0.6 is 0 Å². The molecule has 0 aromatic heterocycles. The fourth-order valence-electron chi connectivity index (χ4n) is 3.62. The van der Waals surface area contributed by atoms with Crippen molar-refractivity contribution in [2.45, 2.75) is 44.2 Å². The summed E-state index contributed by atoms with van der Waals surface area (Å²) < 4.78 is 29.1. The van der Waals surface area contributed by atoms with E-state index >= 15 is 0 Å². The van der Waals surface area contributed by atoms with Gasteiger partial charge in [-0.25, -0.2) is 0 Å². The van der Waals surface area contributed by atoms with Crippen molar-refractivity contribution in [2.24, 2.45) is 0 Å². The molecule has 2 unspecified atom stereocenters. The highest BCUT2D eigenvalue weighted by Crippen LogP contribution is 2.32. The van der Waals surface area contributed by atoms with E-state index in [4.69, 9.17) is 23.7 Å². The average molecular weight is 401 g/mol. The standard InChI is InChI=1S/C24H32O5/c1-25-19-24(26-2,14-16-28-23-13-6-7-15-27-23)21-11-8-12-22(17-21)29-18-20-9-4-3-5-10-20/h3-5,8-12,17,23H,6-7,13-16,18-19H2,1-2H3. The second kappa shape index (κ2) is 11.3. The molecule has 2 aromatic rings. The van der Waals surface area contributed by atoms with E-state index in [1.54, 1.807) is 14.2 Å². The normalized spacial score (nSPS) is 18.9. The van der Waals surface area contributed by atoms with Gasteiger partial charge in [-0.2, -0.15) is 0 Å². The first-order chi connectivity index (χ1) is 14.3. The lowest BCUT2D eigenvalue weighted by atomic mass is 9.91. The van der Waals surface area contributed by atoms with Crippen LogP contribution in [0.4, 0.5) is 0 Å². The summed E-state index contributed by atoms with van der Waals surface area (Å²) in [6.45, 7) is 2.27. The summed E-state index contributed by atoms with van der Waals surface area (Å²) in [5.74, 6) is 0.806. The van der Waals surface area contributed by atoms with E-state index in [0.29, 0.717) is 26.2 Å². The van der Waals surface area contributed by atoms with Crippen LogP contribution in [0.1, 0.15) is 36.8 Å². The first kappa shape index (κ1) is 21.8. The summed E-state index contributed by atoms with van der Waals surface area (Å²) in [5.41, 5.74) is 1.55. The van der Waals surface area contributed by atoms with Crippen LogP contribution in [0.3, 0.4) is 0 Å². The molecule has 5 nitrogen and oxygen atoms in total. The van der Waals surface area contributed by atoms with Gasteiger partial charge >= 0.3 is 0 Å². The number of methoxy groups -OCH3 is 2. The SMILES string of the molecule is COCC(CCOC1CCCCO1)(OC)c1cccc(OCc2ccccc2)c1. The van der Waals surface area contributed by atoms with Crippen molar-refractivity contribution in [2.75, 3.05) is 34.0 Å². The minimum Gasteiger partial charge on any atom is -0.489 e. The van der Waals surface area contributed by atoms with E-state index in [9.17, 15) is 0 Å². The highest BCUT2D eigenvalue weighted by Gasteiger charge is 2.33. The van der Waals surface area contributed by atoms with Crippen molar-refractivity contribution in [1.82, 2.24) is 0 Å². The molecule has 1 saturated heterocycles. The van der Waals surface area contributed by atoms with E-state index in [0.717, 1.165) is 42.7 Å². The lowest BCUT2D eigenvalue weighted by molar-refractivity contribution is -0.175. The zero-order valence-electron chi connectivity index (χ0n) is 17.5. The maximum absolute atomic E-state index is 6.00. The highest BCUT2D eigenvalue weighted by molar-refractivity contribution is 5.33. The van der Waals surface area contributed by atoms with Gasteiger partial charge in [0.05, 0.1) is 13.2 Å². The molecule has 0 spiro atoms. The Bertz CT molecular complexity index is 714. The van der Waals surface area contributed by atoms with E-state index < -0.39 is 5.60 Å². The molecular weight excluding hydrogens is 368 g/mol. The Morgan fingerprint density at radius 2 is 1.90 bits per heavy atom. The predicted molar refractivity (Wildman–Crippen MR) is 112 cm³/mol. The Labute approximate surface area is 173 Å². The van der Waals surface area contributed by atoms with Crippen LogP contribution in [0, 0.1) is 0 Å². The molecule has 158 valence electrons. The molecular formula is C24H32O5. The maximum Gasteiger partial charge on any atom is 0.157 e. The molecule has 1 fully saturated rings. The Balaban J connectivity index is 1.66. The summed E-state index contributed by atoms with van der Waals surface area (Å²) in [4.78, 5) is 0. The van der Waals surface area contributed by atoms with Crippen LogP contribution in [-0.4, -0.2) is 40.3 Å². The fraction of sp³-hybridized carbons (Fsp3) is 0.500. The molecule has 1 heterocycles. The summed E-state index contributed by atoms with van der Waals surface area (Å²) in [7, 11) is 3.41. The Kier molecular flexibility index (Phi) is 8.50. The lowest BCUT2D eigenvalue weighted by Crippen LogP contribution is -2.36. The van der Waals surface area contributed by atoms with Crippen LogP contribution in [0.25, 0.3) is 0 Å². The van der Waals surface area contributed by atoms with E-state index in [1.807, 2.05) is 36.4 Å².